The van der Waals surface area contributed by atoms with Gasteiger partial charge in [0.15, 0.2) is 0 Å². The van der Waals surface area contributed by atoms with Gasteiger partial charge < -0.3 is 15.3 Å². The van der Waals surface area contributed by atoms with Crippen molar-refractivity contribution < 1.29 is 32.0 Å². The van der Waals surface area contributed by atoms with E-state index < -0.39 is 59.3 Å². The fourth-order valence-electron chi connectivity index (χ4n) is 3.65. The van der Waals surface area contributed by atoms with E-state index in [1.165, 1.54) is 25.1 Å². The summed E-state index contributed by atoms with van der Waals surface area (Å²) in [7, 11) is 0. The van der Waals surface area contributed by atoms with Gasteiger partial charge in [-0.15, -0.1) is 0 Å². The highest BCUT2D eigenvalue weighted by Gasteiger charge is 2.35. The van der Waals surface area contributed by atoms with Crippen LogP contribution in [0.15, 0.2) is 41.5 Å². The van der Waals surface area contributed by atoms with Crippen molar-refractivity contribution >= 4 is 40.0 Å². The molecule has 0 aliphatic rings. The predicted octanol–water partition coefficient (Wildman–Crippen LogP) is 3.44. The highest BCUT2D eigenvalue weighted by atomic mass is 19.4. The second kappa shape index (κ2) is 11.1. The molecular weight excluding hydrogens is 521 g/mol. The third kappa shape index (κ3) is 6.09. The second-order valence-corrected chi connectivity index (χ2v) is 8.47. The maximum atomic E-state index is 13.4. The number of nitrogens with zero attached hydrogens (tertiary/aromatic N) is 4. The Morgan fingerprint density at radius 1 is 1.13 bits per heavy atom. The largest absolute Gasteiger partial charge is 0.805 e. The topological polar surface area (TPSA) is 162 Å². The van der Waals surface area contributed by atoms with Crippen LogP contribution < -0.4 is 15.2 Å². The smallest absolute Gasteiger partial charge is 0.418 e. The van der Waals surface area contributed by atoms with Crippen LogP contribution in [-0.4, -0.2) is 28.0 Å². The summed E-state index contributed by atoms with van der Waals surface area (Å²) >= 11 is 0. The van der Waals surface area contributed by atoms with Gasteiger partial charge in [-0.1, -0.05) is 12.1 Å². The van der Waals surface area contributed by atoms with Crippen LogP contribution in [-0.2, 0) is 15.8 Å². The zero-order valence-electron chi connectivity index (χ0n) is 20.8. The molecule has 0 bridgehead atoms. The molecule has 0 saturated heterocycles. The van der Waals surface area contributed by atoms with E-state index in [1.54, 1.807) is 19.9 Å². The highest BCUT2D eigenvalue weighted by molar-refractivity contribution is 6.46. The zero-order chi connectivity index (χ0) is 29.1. The number of Topliss-reactive ketones (excluding diaryl/α,β-unsaturated/α-hetero) is 1. The number of halogens is 3. The average Bonchev–Trinajstić information content (AvgIpc) is 2.86. The van der Waals surface area contributed by atoms with E-state index in [4.69, 9.17) is 5.26 Å². The molecule has 1 aromatic heterocycles. The molecule has 0 spiro atoms. The van der Waals surface area contributed by atoms with E-state index in [0.29, 0.717) is 10.3 Å². The number of amides is 2. The summed E-state index contributed by atoms with van der Waals surface area (Å²) in [6, 6.07) is 8.48. The third-order valence-electron chi connectivity index (χ3n) is 5.77. The number of rotatable bonds is 7. The van der Waals surface area contributed by atoms with Crippen molar-refractivity contribution in [3.05, 3.63) is 74.6 Å². The van der Waals surface area contributed by atoms with Crippen LogP contribution >= 0.6 is 0 Å². The second-order valence-electron chi connectivity index (χ2n) is 8.47. The van der Waals surface area contributed by atoms with Crippen molar-refractivity contribution in [2.75, 3.05) is 5.32 Å². The lowest BCUT2D eigenvalue weighted by Gasteiger charge is -2.17. The number of hydrogen-bond donors (Lipinski definition) is 2. The van der Waals surface area contributed by atoms with Gasteiger partial charge in [0, 0.05) is 11.0 Å². The van der Waals surface area contributed by atoms with Crippen LogP contribution in [0.25, 0.3) is 11.0 Å². The van der Waals surface area contributed by atoms with E-state index in [1.807, 2.05) is 10.7 Å². The van der Waals surface area contributed by atoms with Gasteiger partial charge in [-0.3, -0.25) is 14.4 Å². The number of ketones is 1. The van der Waals surface area contributed by atoms with Crippen LogP contribution in [0.2, 0.25) is 0 Å². The summed E-state index contributed by atoms with van der Waals surface area (Å²) in [6.07, 6.45) is -6.47. The molecule has 3 rings (SSSR count). The van der Waals surface area contributed by atoms with E-state index in [-0.39, 0.29) is 21.2 Å². The van der Waals surface area contributed by atoms with E-state index in [0.717, 1.165) is 23.8 Å². The lowest BCUT2D eigenvalue weighted by Crippen LogP contribution is -2.34. The predicted molar refractivity (Wildman–Crippen MR) is 133 cm³/mol. The molecule has 3 aromatic rings. The fourth-order valence-corrected chi connectivity index (χ4v) is 3.65. The number of para-hydroxylation sites is 1. The van der Waals surface area contributed by atoms with Gasteiger partial charge in [0.2, 0.25) is 5.78 Å². The Hall–Kier alpha value is -5.06. The van der Waals surface area contributed by atoms with Gasteiger partial charge in [-0.25, -0.2) is 5.43 Å². The summed E-state index contributed by atoms with van der Waals surface area (Å²) in [5.41, 5.74) is -0.375. The molecule has 0 radical (unpaired) electrons. The maximum Gasteiger partial charge on any atom is 0.418 e. The Balaban J connectivity index is 2.05. The molecule has 2 amide bonds. The van der Waals surface area contributed by atoms with Crippen molar-refractivity contribution in [2.45, 2.75) is 39.8 Å². The Kier molecular flexibility index (Phi) is 8.14. The third-order valence-corrected chi connectivity index (χ3v) is 5.77. The first-order valence-corrected chi connectivity index (χ1v) is 11.3. The number of benzene rings is 2. The van der Waals surface area contributed by atoms with Crippen LogP contribution in [0.1, 0.15) is 45.7 Å². The molecule has 11 nitrogen and oxygen atoms in total. The Bertz CT molecular complexity index is 1640. The van der Waals surface area contributed by atoms with E-state index >= 15 is 0 Å². The number of fused-ring (bicyclic) bond motifs is 1. The molecule has 2 aromatic carbocycles. The van der Waals surface area contributed by atoms with Crippen molar-refractivity contribution in [3.8, 4) is 6.07 Å². The van der Waals surface area contributed by atoms with Crippen molar-refractivity contribution in [1.82, 2.24) is 10.2 Å². The first-order valence-electron chi connectivity index (χ1n) is 11.3. The number of nitrogens with one attached hydrogen (secondary N) is 2. The molecular formula is C25H21F3N6O5. The molecule has 202 valence electrons. The molecule has 0 atom stereocenters. The normalized spacial score (nSPS) is 11.7. The van der Waals surface area contributed by atoms with Gasteiger partial charge in [-0.2, -0.15) is 23.5 Å². The Morgan fingerprint density at radius 3 is 2.41 bits per heavy atom. The van der Waals surface area contributed by atoms with Crippen molar-refractivity contribution in [2.24, 2.45) is 5.10 Å². The molecule has 39 heavy (non-hydrogen) atoms. The fraction of sp³-hybridized carbons (Fsp3) is 0.240. The number of aryl methyl sites for hydroxylation is 2. The van der Waals surface area contributed by atoms with Crippen LogP contribution in [0, 0.1) is 42.2 Å². The quantitative estimate of drug-likeness (QED) is 0.201. The number of hydrazone groups is 1. The van der Waals surface area contributed by atoms with Gasteiger partial charge in [0.05, 0.1) is 33.9 Å². The van der Waals surface area contributed by atoms with Crippen molar-refractivity contribution in [3.63, 3.8) is 0 Å². The molecule has 0 saturated carbocycles. The lowest BCUT2D eigenvalue weighted by molar-refractivity contribution is -0.468. The number of nitriles is 1. The first-order chi connectivity index (χ1) is 18.3. The number of hydrogen-bond acceptors (Lipinski definition) is 7. The summed E-state index contributed by atoms with van der Waals surface area (Å²) < 4.78 is 40.8. The molecule has 1 heterocycles. The van der Waals surface area contributed by atoms with E-state index in [9.17, 15) is 37.7 Å². The lowest BCUT2D eigenvalue weighted by atomic mass is 10.1. The molecule has 0 unspecified atom stereocenters. The number of aromatic nitrogens is 2. The summed E-state index contributed by atoms with van der Waals surface area (Å²) in [6.45, 7) is 4.65. The van der Waals surface area contributed by atoms with Crippen LogP contribution in [0.4, 0.5) is 18.9 Å². The minimum Gasteiger partial charge on any atom is -0.805 e. The Labute approximate surface area is 218 Å². The number of anilines is 1. The van der Waals surface area contributed by atoms with Gasteiger partial charge >= 0.3 is 11.9 Å². The standard InChI is InChI=1S/C25H21F3N6O5/c1-13-10-19-20(11-14(13)2)34(39)23(15(3)33(19)38)21(35)12-18(31-32-22(36)8-9-29)24(37)30-17-7-5-4-6-16(17)25(26,27)28/h4-7,10-11H,8,12H2,1-3H3,(H,30,37)(H,32,36)/b31-18-. The van der Waals surface area contributed by atoms with Gasteiger partial charge in [0.25, 0.3) is 17.3 Å². The van der Waals surface area contributed by atoms with Crippen molar-refractivity contribution in [1.29, 1.82) is 5.26 Å². The molecule has 2 N–H and O–H groups in total. The van der Waals surface area contributed by atoms with E-state index in [2.05, 4.69) is 5.10 Å². The zero-order valence-corrected chi connectivity index (χ0v) is 20.8. The highest BCUT2D eigenvalue weighted by Crippen LogP contribution is 2.34. The minimum atomic E-state index is -4.83. The monoisotopic (exact) mass is 542 g/mol. The number of carbonyl (C=O) groups excluding carboxylic acids is 3. The maximum absolute atomic E-state index is 13.4. The molecule has 0 aliphatic carbocycles. The minimum absolute atomic E-state index is 0.00121. The van der Waals surface area contributed by atoms with Gasteiger partial charge in [0.1, 0.15) is 17.6 Å². The summed E-state index contributed by atoms with van der Waals surface area (Å²) in [4.78, 5) is 51.0. The molecule has 14 heteroatoms. The summed E-state index contributed by atoms with van der Waals surface area (Å²) in [5, 5.41) is 27.0. The van der Waals surface area contributed by atoms with Gasteiger partial charge in [-0.05, 0) is 50.1 Å². The van der Waals surface area contributed by atoms with Crippen LogP contribution in [0.3, 0.4) is 0 Å². The first kappa shape index (κ1) is 28.5. The SMILES string of the molecule is Cc1cc2c(cc1C)[n+](=O)c(C(=O)C/C(=N/NC(=O)CC#N)C(=O)Nc1ccccc1C(F)(F)F)c(C)n2[O-]. The molecule has 0 fully saturated rings. The summed E-state index contributed by atoms with van der Waals surface area (Å²) in [5.74, 6) is -3.33. The number of carbonyl (C=O) groups is 3. The Morgan fingerprint density at radius 2 is 1.77 bits per heavy atom. The molecule has 0 aliphatic heterocycles. The number of alkyl halides is 3. The average molecular weight is 542 g/mol. The van der Waals surface area contributed by atoms with Crippen LogP contribution in [0.5, 0.6) is 0 Å².